The molecule has 4 rings (SSSR count). The number of amides is 2. The van der Waals surface area contributed by atoms with Gasteiger partial charge in [0.1, 0.15) is 6.61 Å². The Morgan fingerprint density at radius 2 is 1.66 bits per heavy atom. The van der Waals surface area contributed by atoms with E-state index in [-0.39, 0.29) is 31.1 Å². The molecule has 1 saturated carbocycles. The number of fused-ring (bicyclic) bond motifs is 3. The number of carbonyl (C=O) groups is 3. The van der Waals surface area contributed by atoms with Crippen molar-refractivity contribution in [2.24, 2.45) is 5.92 Å². The van der Waals surface area contributed by atoms with Crippen molar-refractivity contribution in [3.05, 3.63) is 59.7 Å². The van der Waals surface area contributed by atoms with Crippen molar-refractivity contribution in [1.29, 1.82) is 0 Å². The molecular formula is C27H32N2O6. The van der Waals surface area contributed by atoms with Gasteiger partial charge in [-0.2, -0.15) is 0 Å². The summed E-state index contributed by atoms with van der Waals surface area (Å²) in [5.74, 6) is -1.91. The number of benzene rings is 2. The Bertz CT molecular complexity index is 1060. The van der Waals surface area contributed by atoms with Gasteiger partial charge in [0.25, 0.3) is 0 Å². The third kappa shape index (κ3) is 5.32. The number of carboxylic acid groups (broad SMARTS) is 1. The maximum Gasteiger partial charge on any atom is 0.407 e. The molecule has 8 nitrogen and oxygen atoms in total. The summed E-state index contributed by atoms with van der Waals surface area (Å²) in [6.07, 6.45) is 2.05. The number of nitrogens with one attached hydrogen (secondary N) is 2. The molecule has 8 heteroatoms. The summed E-state index contributed by atoms with van der Waals surface area (Å²) < 4.78 is 10.6. The first-order chi connectivity index (χ1) is 16.8. The number of ether oxygens (including phenoxy) is 2. The van der Waals surface area contributed by atoms with Crippen molar-refractivity contribution in [3.8, 4) is 11.1 Å². The van der Waals surface area contributed by atoms with E-state index in [0.717, 1.165) is 24.0 Å². The van der Waals surface area contributed by atoms with Gasteiger partial charge >= 0.3 is 12.1 Å². The van der Waals surface area contributed by atoms with Crippen molar-refractivity contribution in [3.63, 3.8) is 0 Å². The standard InChI is InChI=1S/C27H32N2O6/c1-27(16-34-2,25(31)32)29-24(30)17-8-7-9-18(14-17)28-26(33)35-15-23-21-12-5-3-10-19(21)20-11-4-6-13-22(20)23/h3-6,10-13,17-18,23H,7-9,14-16H2,1-2H3,(H,28,33)(H,29,30)(H,31,32)/t17-,18+,27?/m0/s1. The summed E-state index contributed by atoms with van der Waals surface area (Å²) in [5, 5.41) is 15.0. The van der Waals surface area contributed by atoms with Gasteiger partial charge in [0.05, 0.1) is 6.61 Å². The number of rotatable bonds is 8. The molecule has 35 heavy (non-hydrogen) atoms. The van der Waals surface area contributed by atoms with E-state index in [1.807, 2.05) is 24.3 Å². The first kappa shape index (κ1) is 24.7. The Balaban J connectivity index is 1.33. The predicted octanol–water partition coefficient (Wildman–Crippen LogP) is 3.69. The highest BCUT2D eigenvalue weighted by atomic mass is 16.5. The number of carboxylic acids is 1. The third-order valence-electron chi connectivity index (χ3n) is 7.01. The lowest BCUT2D eigenvalue weighted by Crippen LogP contribution is -2.57. The lowest BCUT2D eigenvalue weighted by atomic mass is 9.84. The summed E-state index contributed by atoms with van der Waals surface area (Å²) in [4.78, 5) is 37.0. The quantitative estimate of drug-likeness (QED) is 0.531. The van der Waals surface area contributed by atoms with Crippen LogP contribution in [0.25, 0.3) is 11.1 Å². The molecule has 3 N–H and O–H groups in total. The Morgan fingerprint density at radius 1 is 1.03 bits per heavy atom. The average Bonchev–Trinajstić information content (AvgIpc) is 3.16. The minimum atomic E-state index is -1.50. The second-order valence-electron chi connectivity index (χ2n) is 9.59. The summed E-state index contributed by atoms with van der Waals surface area (Å²) >= 11 is 0. The van der Waals surface area contributed by atoms with Gasteiger partial charge in [0, 0.05) is 25.0 Å². The summed E-state index contributed by atoms with van der Waals surface area (Å²) in [5.41, 5.74) is 3.13. The van der Waals surface area contributed by atoms with E-state index in [1.165, 1.54) is 25.2 Å². The highest BCUT2D eigenvalue weighted by molar-refractivity contribution is 5.88. The molecule has 1 unspecified atom stereocenters. The van der Waals surface area contributed by atoms with E-state index < -0.39 is 23.5 Å². The van der Waals surface area contributed by atoms with Gasteiger partial charge in [-0.3, -0.25) is 4.79 Å². The van der Waals surface area contributed by atoms with Crippen LogP contribution in [-0.4, -0.2) is 55.0 Å². The van der Waals surface area contributed by atoms with Crippen molar-refractivity contribution in [2.75, 3.05) is 20.3 Å². The van der Waals surface area contributed by atoms with Crippen LogP contribution in [0.2, 0.25) is 0 Å². The van der Waals surface area contributed by atoms with Crippen LogP contribution in [0.3, 0.4) is 0 Å². The van der Waals surface area contributed by atoms with Crippen LogP contribution in [-0.2, 0) is 19.1 Å². The van der Waals surface area contributed by atoms with Crippen LogP contribution in [0.4, 0.5) is 4.79 Å². The molecule has 0 saturated heterocycles. The second-order valence-corrected chi connectivity index (χ2v) is 9.59. The zero-order valence-corrected chi connectivity index (χ0v) is 20.1. The van der Waals surface area contributed by atoms with E-state index in [1.54, 1.807) is 0 Å². The zero-order valence-electron chi connectivity index (χ0n) is 20.1. The molecule has 0 aromatic heterocycles. The van der Waals surface area contributed by atoms with Gasteiger partial charge in [0.2, 0.25) is 5.91 Å². The molecule has 0 bridgehead atoms. The van der Waals surface area contributed by atoms with Crippen molar-refractivity contribution in [2.45, 2.75) is 50.1 Å². The highest BCUT2D eigenvalue weighted by Crippen LogP contribution is 2.44. The molecule has 2 aliphatic rings. The first-order valence-corrected chi connectivity index (χ1v) is 12.0. The van der Waals surface area contributed by atoms with Crippen LogP contribution in [0.1, 0.15) is 49.7 Å². The van der Waals surface area contributed by atoms with Gasteiger partial charge in [0.15, 0.2) is 5.54 Å². The fourth-order valence-corrected chi connectivity index (χ4v) is 5.18. The summed E-state index contributed by atoms with van der Waals surface area (Å²) in [6, 6.07) is 16.1. The fourth-order valence-electron chi connectivity index (χ4n) is 5.18. The number of carbonyl (C=O) groups excluding carboxylic acids is 2. The number of hydrogen-bond donors (Lipinski definition) is 3. The monoisotopic (exact) mass is 480 g/mol. The Labute approximate surface area is 205 Å². The normalized spacial score (nSPS) is 20.7. The van der Waals surface area contributed by atoms with E-state index in [4.69, 9.17) is 9.47 Å². The van der Waals surface area contributed by atoms with Crippen molar-refractivity contribution < 1.29 is 29.0 Å². The third-order valence-corrected chi connectivity index (χ3v) is 7.01. The molecule has 2 aliphatic carbocycles. The SMILES string of the molecule is COCC(C)(NC(=O)[C@H]1CCC[C@@H](NC(=O)OCC2c3ccccc3-c3ccccc32)C1)C(=O)O. The Morgan fingerprint density at radius 3 is 2.26 bits per heavy atom. The number of aliphatic carboxylic acids is 1. The Hall–Kier alpha value is -3.39. The molecule has 2 aromatic carbocycles. The molecule has 1 fully saturated rings. The summed E-state index contributed by atoms with van der Waals surface area (Å²) in [6.45, 7) is 1.51. The van der Waals surface area contributed by atoms with Gasteiger partial charge in [-0.05, 0) is 48.4 Å². The number of methoxy groups -OCH3 is 1. The average molecular weight is 481 g/mol. The largest absolute Gasteiger partial charge is 0.479 e. The minimum absolute atomic E-state index is 0.0208. The summed E-state index contributed by atoms with van der Waals surface area (Å²) in [7, 11) is 1.39. The molecule has 0 heterocycles. The van der Waals surface area contributed by atoms with Gasteiger partial charge < -0.3 is 25.2 Å². The smallest absolute Gasteiger partial charge is 0.407 e. The van der Waals surface area contributed by atoms with Crippen LogP contribution in [0.5, 0.6) is 0 Å². The molecule has 0 radical (unpaired) electrons. The van der Waals surface area contributed by atoms with Crippen LogP contribution >= 0.6 is 0 Å². The molecule has 0 spiro atoms. The molecular weight excluding hydrogens is 448 g/mol. The first-order valence-electron chi connectivity index (χ1n) is 12.0. The minimum Gasteiger partial charge on any atom is -0.479 e. The molecule has 186 valence electrons. The predicted molar refractivity (Wildman–Crippen MR) is 130 cm³/mol. The van der Waals surface area contributed by atoms with E-state index in [2.05, 4.69) is 34.9 Å². The van der Waals surface area contributed by atoms with Crippen molar-refractivity contribution in [1.82, 2.24) is 10.6 Å². The van der Waals surface area contributed by atoms with Crippen LogP contribution in [0.15, 0.2) is 48.5 Å². The number of hydrogen-bond acceptors (Lipinski definition) is 5. The van der Waals surface area contributed by atoms with Gasteiger partial charge in [-0.25, -0.2) is 9.59 Å². The van der Waals surface area contributed by atoms with Crippen molar-refractivity contribution >= 4 is 18.0 Å². The molecule has 3 atom stereocenters. The fraction of sp³-hybridized carbons (Fsp3) is 0.444. The molecule has 2 amide bonds. The van der Waals surface area contributed by atoms with Gasteiger partial charge in [-0.1, -0.05) is 55.0 Å². The lowest BCUT2D eigenvalue weighted by molar-refractivity contribution is -0.150. The molecule has 0 aliphatic heterocycles. The molecule has 2 aromatic rings. The van der Waals surface area contributed by atoms with E-state index in [0.29, 0.717) is 12.8 Å². The maximum absolute atomic E-state index is 12.8. The zero-order chi connectivity index (χ0) is 25.0. The van der Waals surface area contributed by atoms with Gasteiger partial charge in [-0.15, -0.1) is 0 Å². The topological polar surface area (TPSA) is 114 Å². The highest BCUT2D eigenvalue weighted by Gasteiger charge is 2.38. The second kappa shape index (κ2) is 10.5. The van der Waals surface area contributed by atoms with Crippen LogP contribution < -0.4 is 10.6 Å². The Kier molecular flexibility index (Phi) is 7.40. The van der Waals surface area contributed by atoms with Crippen LogP contribution in [0, 0.1) is 5.92 Å². The van der Waals surface area contributed by atoms with E-state index >= 15 is 0 Å². The number of alkyl carbamates (subject to hydrolysis) is 1. The van der Waals surface area contributed by atoms with E-state index in [9.17, 15) is 19.5 Å². The maximum atomic E-state index is 12.8. The lowest BCUT2D eigenvalue weighted by Gasteiger charge is -2.32.